The van der Waals surface area contributed by atoms with E-state index < -0.39 is 0 Å². The maximum Gasteiger partial charge on any atom is 0.161 e. The fraction of sp³-hybridized carbons (Fsp3) is 0.400. The lowest BCUT2D eigenvalue weighted by molar-refractivity contribution is 0.210. The molecule has 6 heteroatoms. The van der Waals surface area contributed by atoms with Crippen LogP contribution in [0.5, 0.6) is 11.5 Å². The second-order valence-electron chi connectivity index (χ2n) is 8.04. The van der Waals surface area contributed by atoms with Crippen LogP contribution in [0.2, 0.25) is 5.02 Å². The molecular formula is C25H30ClN3O2. The summed E-state index contributed by atoms with van der Waals surface area (Å²) in [6.07, 6.45) is 3.14. The zero-order valence-corrected chi connectivity index (χ0v) is 19.0. The van der Waals surface area contributed by atoms with Gasteiger partial charge in [-0.05, 0) is 55.2 Å². The molecule has 0 bridgehead atoms. The molecule has 5 nitrogen and oxygen atoms in total. The van der Waals surface area contributed by atoms with Gasteiger partial charge in [0.25, 0.3) is 0 Å². The average molecular weight is 440 g/mol. The second kappa shape index (κ2) is 10.2. The number of piperidine rings is 1. The minimum Gasteiger partial charge on any atom is -0.493 e. The lowest BCUT2D eigenvalue weighted by atomic mass is 10.0. The zero-order valence-electron chi connectivity index (χ0n) is 18.2. The Kier molecular flexibility index (Phi) is 7.15. The Morgan fingerprint density at radius 2 is 1.94 bits per heavy atom. The Morgan fingerprint density at radius 3 is 2.71 bits per heavy atom. The Morgan fingerprint density at radius 1 is 1.10 bits per heavy atom. The van der Waals surface area contributed by atoms with Crippen LogP contribution >= 0.6 is 11.6 Å². The van der Waals surface area contributed by atoms with E-state index in [0.717, 1.165) is 67.1 Å². The minimum absolute atomic E-state index is 0.419. The predicted molar refractivity (Wildman–Crippen MR) is 127 cm³/mol. The monoisotopic (exact) mass is 439 g/mol. The van der Waals surface area contributed by atoms with Crippen molar-refractivity contribution in [3.63, 3.8) is 0 Å². The lowest BCUT2D eigenvalue weighted by Crippen LogP contribution is -2.38. The van der Waals surface area contributed by atoms with Crippen LogP contribution in [0.1, 0.15) is 31.7 Å². The number of fused-ring (bicyclic) bond motifs is 1. The van der Waals surface area contributed by atoms with E-state index in [1.54, 1.807) is 7.11 Å². The van der Waals surface area contributed by atoms with Gasteiger partial charge in [-0.3, -0.25) is 4.90 Å². The maximum absolute atomic E-state index is 6.31. The van der Waals surface area contributed by atoms with Crippen molar-refractivity contribution < 1.29 is 9.47 Å². The van der Waals surface area contributed by atoms with Gasteiger partial charge >= 0.3 is 0 Å². The molecule has 1 N–H and O–H groups in total. The van der Waals surface area contributed by atoms with E-state index >= 15 is 0 Å². The number of para-hydroxylation sites is 1. The van der Waals surface area contributed by atoms with E-state index in [9.17, 15) is 0 Å². The van der Waals surface area contributed by atoms with Gasteiger partial charge in [0.1, 0.15) is 5.82 Å². The Labute approximate surface area is 189 Å². The van der Waals surface area contributed by atoms with E-state index in [-0.39, 0.29) is 0 Å². The first-order valence-electron chi connectivity index (χ1n) is 11.0. The van der Waals surface area contributed by atoms with Crippen LogP contribution < -0.4 is 14.8 Å². The van der Waals surface area contributed by atoms with Crippen molar-refractivity contribution >= 4 is 28.3 Å². The van der Waals surface area contributed by atoms with Gasteiger partial charge in [0.2, 0.25) is 0 Å². The van der Waals surface area contributed by atoms with Crippen molar-refractivity contribution in [2.45, 2.75) is 38.8 Å². The summed E-state index contributed by atoms with van der Waals surface area (Å²) in [4.78, 5) is 7.22. The number of methoxy groups -OCH3 is 1. The molecule has 0 amide bonds. The van der Waals surface area contributed by atoms with Gasteiger partial charge in [0, 0.05) is 31.1 Å². The molecular weight excluding hydrogens is 410 g/mol. The molecule has 0 aliphatic carbocycles. The number of nitrogens with zero attached hydrogens (tertiary/aromatic N) is 2. The predicted octanol–water partition coefficient (Wildman–Crippen LogP) is 5.76. The van der Waals surface area contributed by atoms with E-state index in [1.165, 1.54) is 5.56 Å². The number of nitrogens with one attached hydrogen (secondary N) is 1. The number of anilines is 1. The molecule has 3 aromatic rings. The molecule has 1 fully saturated rings. The number of aromatic nitrogens is 1. The van der Waals surface area contributed by atoms with Gasteiger partial charge in [-0.25, -0.2) is 4.98 Å². The zero-order chi connectivity index (χ0) is 21.6. The fourth-order valence-electron chi connectivity index (χ4n) is 4.04. The molecule has 2 aromatic carbocycles. The van der Waals surface area contributed by atoms with Gasteiger partial charge in [-0.15, -0.1) is 0 Å². The number of halogens is 1. The first kappa shape index (κ1) is 21.7. The molecule has 0 radical (unpaired) electrons. The number of hydrogen-bond acceptors (Lipinski definition) is 5. The molecule has 164 valence electrons. The van der Waals surface area contributed by atoms with E-state index in [0.29, 0.717) is 17.7 Å². The normalized spacial score (nSPS) is 15.2. The Bertz CT molecular complexity index is 1020. The SMILES string of the molecule is CCCOc1cc(CN2CCC(Nc3ccc4cccc(Cl)c4n3)CC2)ccc1OC. The summed E-state index contributed by atoms with van der Waals surface area (Å²) in [7, 11) is 1.68. The minimum atomic E-state index is 0.419. The summed E-state index contributed by atoms with van der Waals surface area (Å²) in [6.45, 7) is 5.82. The highest BCUT2D eigenvalue weighted by Crippen LogP contribution is 2.29. The molecule has 0 spiro atoms. The summed E-state index contributed by atoms with van der Waals surface area (Å²) in [6, 6.07) is 16.7. The summed E-state index contributed by atoms with van der Waals surface area (Å²) in [5, 5.41) is 5.36. The largest absolute Gasteiger partial charge is 0.493 e. The molecule has 1 aliphatic heterocycles. The number of rotatable bonds is 8. The number of ether oxygens (including phenoxy) is 2. The smallest absolute Gasteiger partial charge is 0.161 e. The fourth-order valence-corrected chi connectivity index (χ4v) is 4.26. The highest BCUT2D eigenvalue weighted by atomic mass is 35.5. The topological polar surface area (TPSA) is 46.6 Å². The molecule has 4 rings (SSSR count). The van der Waals surface area contributed by atoms with Crippen LogP contribution in [-0.2, 0) is 6.54 Å². The van der Waals surface area contributed by atoms with Crippen molar-refractivity contribution in [1.29, 1.82) is 0 Å². The van der Waals surface area contributed by atoms with E-state index in [1.807, 2.05) is 30.3 Å². The third-order valence-electron chi connectivity index (χ3n) is 5.71. The number of likely N-dealkylation sites (tertiary alicyclic amines) is 1. The third kappa shape index (κ3) is 5.41. The molecule has 1 aromatic heterocycles. The lowest BCUT2D eigenvalue weighted by Gasteiger charge is -2.32. The summed E-state index contributed by atoms with van der Waals surface area (Å²) < 4.78 is 11.3. The Hall–Kier alpha value is -2.50. The van der Waals surface area contributed by atoms with Crippen LogP contribution in [0.3, 0.4) is 0 Å². The van der Waals surface area contributed by atoms with Gasteiger partial charge in [-0.2, -0.15) is 0 Å². The molecule has 0 saturated carbocycles. The second-order valence-corrected chi connectivity index (χ2v) is 8.44. The summed E-state index contributed by atoms with van der Waals surface area (Å²) >= 11 is 6.31. The summed E-state index contributed by atoms with van der Waals surface area (Å²) in [5.74, 6) is 2.52. The first-order chi connectivity index (χ1) is 15.2. The van der Waals surface area contributed by atoms with Gasteiger partial charge in [0.15, 0.2) is 11.5 Å². The van der Waals surface area contributed by atoms with Crippen LogP contribution in [0.25, 0.3) is 10.9 Å². The van der Waals surface area contributed by atoms with Crippen molar-refractivity contribution in [3.8, 4) is 11.5 Å². The van der Waals surface area contributed by atoms with Gasteiger partial charge in [-0.1, -0.05) is 36.7 Å². The van der Waals surface area contributed by atoms with Crippen LogP contribution in [0.4, 0.5) is 5.82 Å². The van der Waals surface area contributed by atoms with Crippen LogP contribution in [0, 0.1) is 0 Å². The molecule has 0 unspecified atom stereocenters. The van der Waals surface area contributed by atoms with Crippen molar-refractivity contribution in [3.05, 3.63) is 59.1 Å². The third-order valence-corrected chi connectivity index (χ3v) is 6.01. The van der Waals surface area contributed by atoms with Crippen molar-refractivity contribution in [2.24, 2.45) is 0 Å². The van der Waals surface area contributed by atoms with Crippen LogP contribution in [-0.4, -0.2) is 42.7 Å². The molecule has 1 aliphatic rings. The number of benzene rings is 2. The maximum atomic E-state index is 6.31. The molecule has 0 atom stereocenters. The standard InChI is InChI=1S/C25H30ClN3O2/c1-3-15-31-23-16-18(7-9-22(23)30-2)17-29-13-11-20(12-14-29)27-24-10-8-19-5-4-6-21(26)25(19)28-24/h4-10,16,20H,3,11-15,17H2,1-2H3,(H,27,28). The van der Waals surface area contributed by atoms with Gasteiger partial charge in [0.05, 0.1) is 24.3 Å². The highest BCUT2D eigenvalue weighted by Gasteiger charge is 2.20. The van der Waals surface area contributed by atoms with E-state index in [2.05, 4.69) is 35.3 Å². The van der Waals surface area contributed by atoms with Crippen LogP contribution in [0.15, 0.2) is 48.5 Å². The van der Waals surface area contributed by atoms with E-state index in [4.69, 9.17) is 26.1 Å². The van der Waals surface area contributed by atoms with Gasteiger partial charge < -0.3 is 14.8 Å². The average Bonchev–Trinajstić information content (AvgIpc) is 2.80. The Balaban J connectivity index is 1.33. The number of pyridine rings is 1. The molecule has 31 heavy (non-hydrogen) atoms. The quantitative estimate of drug-likeness (QED) is 0.483. The molecule has 1 saturated heterocycles. The molecule has 2 heterocycles. The van der Waals surface area contributed by atoms with Crippen molar-refractivity contribution in [1.82, 2.24) is 9.88 Å². The van der Waals surface area contributed by atoms with Crippen molar-refractivity contribution in [2.75, 3.05) is 32.1 Å². The summed E-state index contributed by atoms with van der Waals surface area (Å²) in [5.41, 5.74) is 2.11. The first-order valence-corrected chi connectivity index (χ1v) is 11.4. The highest BCUT2D eigenvalue weighted by molar-refractivity contribution is 6.35. The number of hydrogen-bond donors (Lipinski definition) is 1.